The molecule has 0 radical (unpaired) electrons. The Kier molecular flexibility index (Phi) is 4.99. The lowest BCUT2D eigenvalue weighted by molar-refractivity contribution is -0.114. The zero-order chi connectivity index (χ0) is 18.5. The van der Waals surface area contributed by atoms with Gasteiger partial charge in [0.15, 0.2) is 0 Å². The van der Waals surface area contributed by atoms with Crippen molar-refractivity contribution < 1.29 is 4.79 Å². The molecule has 0 saturated heterocycles. The Balaban J connectivity index is 1.88. The number of benzene rings is 2. The second-order valence-corrected chi connectivity index (χ2v) is 5.88. The number of carbonyl (C=O) groups excluding carboxylic acids is 1. The fourth-order valence-corrected chi connectivity index (χ4v) is 2.76. The topological polar surface area (TPSA) is 82.7 Å². The van der Waals surface area contributed by atoms with Gasteiger partial charge >= 0.3 is 0 Å². The molecule has 1 aromatic heterocycles. The number of nitrogens with one attached hydrogen (secondary N) is 2. The van der Waals surface area contributed by atoms with Gasteiger partial charge in [0.25, 0.3) is 0 Å². The van der Waals surface area contributed by atoms with Crippen molar-refractivity contribution in [3.63, 3.8) is 0 Å². The molecule has 1 amide bonds. The minimum atomic E-state index is -0.119. The van der Waals surface area contributed by atoms with Gasteiger partial charge in [0.05, 0.1) is 29.2 Å². The van der Waals surface area contributed by atoms with E-state index in [0.29, 0.717) is 17.8 Å². The van der Waals surface area contributed by atoms with Crippen molar-refractivity contribution in [3.05, 3.63) is 71.5 Å². The lowest BCUT2D eigenvalue weighted by atomic mass is 10.2. The molecule has 130 valence electrons. The van der Waals surface area contributed by atoms with Crippen molar-refractivity contribution in [2.24, 2.45) is 0 Å². The molecular weight excluding hydrogens is 326 g/mol. The van der Waals surface area contributed by atoms with Gasteiger partial charge in [0.1, 0.15) is 6.07 Å². The summed E-state index contributed by atoms with van der Waals surface area (Å²) in [6, 6.07) is 19.4. The summed E-state index contributed by atoms with van der Waals surface area (Å²) in [5, 5.41) is 20.1. The van der Waals surface area contributed by atoms with E-state index in [1.165, 1.54) is 6.92 Å². The highest BCUT2D eigenvalue weighted by molar-refractivity contribution is 5.89. The quantitative estimate of drug-likeness (QED) is 0.740. The van der Waals surface area contributed by atoms with Crippen molar-refractivity contribution in [1.82, 2.24) is 9.78 Å². The van der Waals surface area contributed by atoms with Crippen molar-refractivity contribution in [2.45, 2.75) is 20.4 Å². The van der Waals surface area contributed by atoms with Gasteiger partial charge in [0.2, 0.25) is 5.91 Å². The number of rotatable bonds is 5. The average Bonchev–Trinajstić information content (AvgIpc) is 2.96. The van der Waals surface area contributed by atoms with Gasteiger partial charge in [-0.1, -0.05) is 24.3 Å². The van der Waals surface area contributed by atoms with E-state index in [9.17, 15) is 10.1 Å². The summed E-state index contributed by atoms with van der Waals surface area (Å²) >= 11 is 0. The van der Waals surface area contributed by atoms with E-state index in [-0.39, 0.29) is 5.91 Å². The van der Waals surface area contributed by atoms with Crippen LogP contribution in [0, 0.1) is 18.3 Å². The summed E-state index contributed by atoms with van der Waals surface area (Å²) < 4.78 is 1.79. The first-order chi connectivity index (χ1) is 12.6. The normalized spacial score (nSPS) is 10.2. The molecular formula is C20H19N5O. The third-order valence-corrected chi connectivity index (χ3v) is 3.91. The molecule has 0 aliphatic heterocycles. The molecule has 0 bridgehead atoms. The van der Waals surface area contributed by atoms with Gasteiger partial charge < -0.3 is 10.6 Å². The van der Waals surface area contributed by atoms with Gasteiger partial charge in [-0.2, -0.15) is 10.4 Å². The molecule has 2 aromatic carbocycles. The van der Waals surface area contributed by atoms with E-state index in [1.807, 2.05) is 61.5 Å². The lowest BCUT2D eigenvalue weighted by Gasteiger charge is -2.11. The van der Waals surface area contributed by atoms with Gasteiger partial charge in [-0.15, -0.1) is 0 Å². The van der Waals surface area contributed by atoms with Crippen LogP contribution >= 0.6 is 0 Å². The van der Waals surface area contributed by atoms with Crippen molar-refractivity contribution in [2.75, 3.05) is 10.6 Å². The number of nitriles is 1. The number of aromatic nitrogens is 2. The van der Waals surface area contributed by atoms with Gasteiger partial charge in [-0.05, 0) is 37.3 Å². The third kappa shape index (κ3) is 3.73. The minimum Gasteiger partial charge on any atom is -0.379 e. The molecule has 3 rings (SSSR count). The van der Waals surface area contributed by atoms with Crippen molar-refractivity contribution in [3.8, 4) is 11.8 Å². The van der Waals surface area contributed by atoms with E-state index in [0.717, 1.165) is 22.8 Å². The Bertz CT molecular complexity index is 970. The molecule has 0 unspecified atom stereocenters. The molecule has 6 nitrogen and oxygen atoms in total. The minimum absolute atomic E-state index is 0.119. The summed E-state index contributed by atoms with van der Waals surface area (Å²) in [6.07, 6.45) is 0. The number of hydrogen-bond acceptors (Lipinski definition) is 4. The predicted molar refractivity (Wildman–Crippen MR) is 101 cm³/mol. The van der Waals surface area contributed by atoms with E-state index in [2.05, 4.69) is 21.8 Å². The fourth-order valence-electron chi connectivity index (χ4n) is 2.76. The number of para-hydroxylation sites is 1. The van der Waals surface area contributed by atoms with Crippen molar-refractivity contribution >= 4 is 17.3 Å². The summed E-state index contributed by atoms with van der Waals surface area (Å²) in [5.74, 6) is -0.119. The number of anilines is 2. The third-order valence-electron chi connectivity index (χ3n) is 3.91. The number of carbonyl (C=O) groups is 1. The summed E-state index contributed by atoms with van der Waals surface area (Å²) in [4.78, 5) is 11.2. The van der Waals surface area contributed by atoms with Crippen LogP contribution in [0.2, 0.25) is 0 Å². The highest BCUT2D eigenvalue weighted by Crippen LogP contribution is 2.21. The number of nitrogens with zero attached hydrogens (tertiary/aromatic N) is 3. The standard InChI is InChI=1S/C20H19N5O/c1-14-19(12-21)20(25(24-14)18-9-4-3-5-10-18)13-22-16-7-6-8-17(11-16)23-15(2)26/h3-11,22H,13H2,1-2H3,(H,23,26). The Labute approximate surface area is 152 Å². The molecule has 26 heavy (non-hydrogen) atoms. The molecule has 0 fully saturated rings. The van der Waals surface area contributed by atoms with Crippen LogP contribution in [0.4, 0.5) is 11.4 Å². The Hall–Kier alpha value is -3.59. The number of hydrogen-bond donors (Lipinski definition) is 2. The maximum atomic E-state index is 11.2. The van der Waals surface area contributed by atoms with E-state index in [1.54, 1.807) is 4.68 Å². The maximum absolute atomic E-state index is 11.2. The first kappa shape index (κ1) is 17.2. The zero-order valence-corrected chi connectivity index (χ0v) is 14.7. The second kappa shape index (κ2) is 7.53. The predicted octanol–water partition coefficient (Wildman–Crippen LogP) is 3.62. The summed E-state index contributed by atoms with van der Waals surface area (Å²) in [7, 11) is 0. The molecule has 1 heterocycles. The van der Waals surface area contributed by atoms with Crippen molar-refractivity contribution in [1.29, 1.82) is 5.26 Å². The zero-order valence-electron chi connectivity index (χ0n) is 14.7. The van der Waals surface area contributed by atoms with Crippen LogP contribution < -0.4 is 10.6 Å². The summed E-state index contributed by atoms with van der Waals surface area (Å²) in [6.45, 7) is 3.74. The monoisotopic (exact) mass is 345 g/mol. The van der Waals surface area contributed by atoms with Gasteiger partial charge in [-0.25, -0.2) is 4.68 Å². The van der Waals surface area contributed by atoms with Gasteiger partial charge in [0, 0.05) is 18.3 Å². The van der Waals surface area contributed by atoms with Crippen LogP contribution in [0.3, 0.4) is 0 Å². The van der Waals surface area contributed by atoms with Crippen LogP contribution in [-0.2, 0) is 11.3 Å². The van der Waals surface area contributed by atoms with E-state index >= 15 is 0 Å². The first-order valence-corrected chi connectivity index (χ1v) is 8.24. The first-order valence-electron chi connectivity index (χ1n) is 8.24. The van der Waals surface area contributed by atoms with Gasteiger partial charge in [-0.3, -0.25) is 4.79 Å². The van der Waals surface area contributed by atoms with Crippen LogP contribution in [0.5, 0.6) is 0 Å². The van der Waals surface area contributed by atoms with Crippen LogP contribution in [0.1, 0.15) is 23.9 Å². The molecule has 0 aliphatic rings. The van der Waals surface area contributed by atoms with Crippen LogP contribution in [0.25, 0.3) is 5.69 Å². The maximum Gasteiger partial charge on any atom is 0.221 e. The van der Waals surface area contributed by atoms with Crippen LogP contribution in [0.15, 0.2) is 54.6 Å². The molecule has 6 heteroatoms. The fraction of sp³-hybridized carbons (Fsp3) is 0.150. The molecule has 0 aliphatic carbocycles. The van der Waals surface area contributed by atoms with E-state index in [4.69, 9.17) is 0 Å². The Morgan fingerprint density at radius 1 is 1.15 bits per heavy atom. The molecule has 0 saturated carbocycles. The largest absolute Gasteiger partial charge is 0.379 e. The average molecular weight is 345 g/mol. The SMILES string of the molecule is CC(=O)Nc1cccc(NCc2c(C#N)c(C)nn2-c2ccccc2)c1. The number of aryl methyl sites for hydroxylation is 1. The van der Waals surface area contributed by atoms with Crippen LogP contribution in [-0.4, -0.2) is 15.7 Å². The highest BCUT2D eigenvalue weighted by Gasteiger charge is 2.16. The lowest BCUT2D eigenvalue weighted by Crippen LogP contribution is -2.09. The number of amides is 1. The smallest absolute Gasteiger partial charge is 0.221 e. The molecule has 3 aromatic rings. The Morgan fingerprint density at radius 3 is 2.58 bits per heavy atom. The molecule has 0 atom stereocenters. The summed E-state index contributed by atoms with van der Waals surface area (Å²) in [5.41, 5.74) is 4.52. The Morgan fingerprint density at radius 2 is 1.88 bits per heavy atom. The second-order valence-electron chi connectivity index (χ2n) is 5.88. The highest BCUT2D eigenvalue weighted by atomic mass is 16.1. The van der Waals surface area contributed by atoms with E-state index < -0.39 is 0 Å². The molecule has 2 N–H and O–H groups in total. The molecule has 0 spiro atoms.